The van der Waals surface area contributed by atoms with Crippen molar-refractivity contribution in [3.63, 3.8) is 0 Å². The molecule has 2 rings (SSSR count). The molecule has 0 amide bonds. The molecule has 0 aliphatic carbocycles. The molecule has 0 saturated heterocycles. The van der Waals surface area contributed by atoms with Crippen molar-refractivity contribution >= 4 is 35.8 Å². The van der Waals surface area contributed by atoms with Crippen LogP contribution in [-0.4, -0.2) is 22.7 Å². The third kappa shape index (κ3) is 4.96. The van der Waals surface area contributed by atoms with Gasteiger partial charge in [-0.15, -0.1) is 12.4 Å². The fraction of sp³-hybridized carbons (Fsp3) is 0.214. The molecule has 3 N–H and O–H groups in total. The summed E-state index contributed by atoms with van der Waals surface area (Å²) in [5.74, 6) is 0. The van der Waals surface area contributed by atoms with Crippen LogP contribution in [0.2, 0.25) is 5.02 Å². The molecule has 0 radical (unpaired) electrons. The van der Waals surface area contributed by atoms with Gasteiger partial charge in [0, 0.05) is 22.2 Å². The van der Waals surface area contributed by atoms with Gasteiger partial charge >= 0.3 is 0 Å². The van der Waals surface area contributed by atoms with Crippen LogP contribution in [-0.2, 0) is 6.42 Å². The SMILES string of the molecule is Cl.NC(CO)Cc1cccnc1Sc1ccc(Cl)cc1. The molecule has 3 nitrogen and oxygen atoms in total. The summed E-state index contributed by atoms with van der Waals surface area (Å²) in [7, 11) is 0. The first-order valence-electron chi connectivity index (χ1n) is 5.93. The van der Waals surface area contributed by atoms with Gasteiger partial charge in [0.05, 0.1) is 6.61 Å². The molecule has 0 spiro atoms. The average Bonchev–Trinajstić information content (AvgIpc) is 2.43. The number of halogens is 2. The highest BCUT2D eigenvalue weighted by Crippen LogP contribution is 2.29. The predicted molar refractivity (Wildman–Crippen MR) is 85.8 cm³/mol. The summed E-state index contributed by atoms with van der Waals surface area (Å²) in [4.78, 5) is 5.45. The Morgan fingerprint density at radius 1 is 1.25 bits per heavy atom. The first-order valence-corrected chi connectivity index (χ1v) is 7.12. The lowest BCUT2D eigenvalue weighted by molar-refractivity contribution is 0.265. The standard InChI is InChI=1S/C14H15ClN2OS.ClH/c15-11-3-5-13(6-4-11)19-14-10(2-1-7-17-14)8-12(16)9-18;/h1-7,12,18H,8-9,16H2;1H. The van der Waals surface area contributed by atoms with Gasteiger partial charge in [-0.1, -0.05) is 29.4 Å². The molecular formula is C14H16Cl2N2OS. The maximum atomic E-state index is 9.04. The van der Waals surface area contributed by atoms with Gasteiger partial charge < -0.3 is 10.8 Å². The molecule has 20 heavy (non-hydrogen) atoms. The lowest BCUT2D eigenvalue weighted by atomic mass is 10.1. The third-order valence-electron chi connectivity index (χ3n) is 2.59. The number of benzene rings is 1. The molecular weight excluding hydrogens is 315 g/mol. The summed E-state index contributed by atoms with van der Waals surface area (Å²) in [6.45, 7) is -0.0278. The summed E-state index contributed by atoms with van der Waals surface area (Å²) >= 11 is 7.43. The maximum Gasteiger partial charge on any atom is 0.104 e. The second-order valence-corrected chi connectivity index (χ2v) is 5.67. The van der Waals surface area contributed by atoms with Crippen LogP contribution in [0, 0.1) is 0 Å². The van der Waals surface area contributed by atoms with E-state index in [0.29, 0.717) is 11.4 Å². The Hall–Kier alpha value is -0.780. The van der Waals surface area contributed by atoms with Crippen LogP contribution in [0.5, 0.6) is 0 Å². The summed E-state index contributed by atoms with van der Waals surface area (Å²) in [5.41, 5.74) is 6.83. The van der Waals surface area contributed by atoms with E-state index in [0.717, 1.165) is 15.5 Å². The fourth-order valence-corrected chi connectivity index (χ4v) is 2.65. The van der Waals surface area contributed by atoms with Crippen molar-refractivity contribution in [3.8, 4) is 0 Å². The van der Waals surface area contributed by atoms with Gasteiger partial charge in [-0.05, 0) is 42.3 Å². The minimum atomic E-state index is -0.256. The van der Waals surface area contributed by atoms with E-state index in [4.69, 9.17) is 22.4 Å². The van der Waals surface area contributed by atoms with Crippen molar-refractivity contribution in [3.05, 3.63) is 53.2 Å². The highest BCUT2D eigenvalue weighted by Gasteiger charge is 2.09. The molecule has 6 heteroatoms. The molecule has 0 bridgehead atoms. The molecule has 1 aromatic heterocycles. The van der Waals surface area contributed by atoms with E-state index in [-0.39, 0.29) is 25.1 Å². The molecule has 0 aliphatic heterocycles. The van der Waals surface area contributed by atoms with Crippen molar-refractivity contribution in [1.29, 1.82) is 0 Å². The van der Waals surface area contributed by atoms with Crippen molar-refractivity contribution in [2.45, 2.75) is 22.4 Å². The van der Waals surface area contributed by atoms with E-state index in [1.54, 1.807) is 18.0 Å². The van der Waals surface area contributed by atoms with Crippen LogP contribution in [0.25, 0.3) is 0 Å². The molecule has 0 aliphatic rings. The highest BCUT2D eigenvalue weighted by molar-refractivity contribution is 7.99. The van der Waals surface area contributed by atoms with E-state index < -0.39 is 0 Å². The van der Waals surface area contributed by atoms with Gasteiger partial charge in [0.1, 0.15) is 5.03 Å². The molecule has 1 atom stereocenters. The zero-order valence-corrected chi connectivity index (χ0v) is 13.1. The van der Waals surface area contributed by atoms with E-state index in [1.807, 2.05) is 36.4 Å². The topological polar surface area (TPSA) is 59.1 Å². The number of aromatic nitrogens is 1. The Balaban J connectivity index is 0.00000200. The Bertz CT molecular complexity index is 537. The first-order chi connectivity index (χ1) is 9.19. The number of aliphatic hydroxyl groups is 1. The highest BCUT2D eigenvalue weighted by atomic mass is 35.5. The van der Waals surface area contributed by atoms with Crippen LogP contribution in [0.3, 0.4) is 0 Å². The monoisotopic (exact) mass is 330 g/mol. The lowest BCUT2D eigenvalue weighted by Gasteiger charge is -2.11. The molecule has 1 heterocycles. The van der Waals surface area contributed by atoms with E-state index in [9.17, 15) is 0 Å². The molecule has 0 saturated carbocycles. The van der Waals surface area contributed by atoms with Crippen molar-refractivity contribution in [2.75, 3.05) is 6.61 Å². The van der Waals surface area contributed by atoms with Crippen LogP contribution in [0.4, 0.5) is 0 Å². The Morgan fingerprint density at radius 2 is 1.95 bits per heavy atom. The van der Waals surface area contributed by atoms with Crippen LogP contribution >= 0.6 is 35.8 Å². The van der Waals surface area contributed by atoms with Gasteiger partial charge in [0.2, 0.25) is 0 Å². The number of nitrogens with zero attached hydrogens (tertiary/aromatic N) is 1. The van der Waals surface area contributed by atoms with Gasteiger partial charge in [0.15, 0.2) is 0 Å². The zero-order valence-electron chi connectivity index (χ0n) is 10.7. The van der Waals surface area contributed by atoms with Crippen LogP contribution in [0.15, 0.2) is 52.5 Å². The van der Waals surface area contributed by atoms with Gasteiger partial charge in [-0.3, -0.25) is 0 Å². The van der Waals surface area contributed by atoms with E-state index in [1.165, 1.54) is 0 Å². The number of nitrogens with two attached hydrogens (primary N) is 1. The van der Waals surface area contributed by atoms with Crippen LogP contribution < -0.4 is 5.73 Å². The van der Waals surface area contributed by atoms with Crippen molar-refractivity contribution in [2.24, 2.45) is 5.73 Å². The molecule has 1 aromatic carbocycles. The third-order valence-corrected chi connectivity index (χ3v) is 3.92. The first kappa shape index (κ1) is 17.3. The number of rotatable bonds is 5. The quantitative estimate of drug-likeness (QED) is 0.883. The minimum absolute atomic E-state index is 0. The largest absolute Gasteiger partial charge is 0.395 e. The zero-order chi connectivity index (χ0) is 13.7. The summed E-state index contributed by atoms with van der Waals surface area (Å²) in [6.07, 6.45) is 2.37. The number of hydrogen-bond donors (Lipinski definition) is 2. The second kappa shape index (κ2) is 8.49. The minimum Gasteiger partial charge on any atom is -0.395 e. The molecule has 108 valence electrons. The van der Waals surface area contributed by atoms with Gasteiger partial charge in [-0.25, -0.2) is 4.98 Å². The second-order valence-electron chi connectivity index (χ2n) is 4.17. The Kier molecular flexibility index (Phi) is 7.34. The summed E-state index contributed by atoms with van der Waals surface area (Å²) in [6, 6.07) is 11.2. The number of pyridine rings is 1. The van der Waals surface area contributed by atoms with Gasteiger partial charge in [-0.2, -0.15) is 0 Å². The van der Waals surface area contributed by atoms with E-state index >= 15 is 0 Å². The maximum absolute atomic E-state index is 9.04. The predicted octanol–water partition coefficient (Wildman–Crippen LogP) is 3.17. The summed E-state index contributed by atoms with van der Waals surface area (Å²) < 4.78 is 0. The number of aliphatic hydroxyl groups excluding tert-OH is 1. The lowest BCUT2D eigenvalue weighted by Crippen LogP contribution is -2.27. The Morgan fingerprint density at radius 3 is 2.60 bits per heavy atom. The molecule has 1 unspecified atom stereocenters. The molecule has 0 fully saturated rings. The van der Waals surface area contributed by atoms with Crippen molar-refractivity contribution in [1.82, 2.24) is 4.98 Å². The van der Waals surface area contributed by atoms with E-state index in [2.05, 4.69) is 4.98 Å². The van der Waals surface area contributed by atoms with Crippen LogP contribution in [0.1, 0.15) is 5.56 Å². The van der Waals surface area contributed by atoms with Crippen molar-refractivity contribution < 1.29 is 5.11 Å². The smallest absolute Gasteiger partial charge is 0.104 e. The summed E-state index contributed by atoms with van der Waals surface area (Å²) in [5, 5.41) is 10.7. The number of hydrogen-bond acceptors (Lipinski definition) is 4. The molecule has 2 aromatic rings. The average molecular weight is 331 g/mol. The fourth-order valence-electron chi connectivity index (χ4n) is 1.63. The Labute approximate surface area is 134 Å². The van der Waals surface area contributed by atoms with Gasteiger partial charge in [0.25, 0.3) is 0 Å². The normalized spacial score (nSPS) is 11.8.